The maximum absolute atomic E-state index is 11.8. The number of alkyl halides is 3. The van der Waals surface area contributed by atoms with Crippen LogP contribution in [0.1, 0.15) is 32.1 Å². The van der Waals surface area contributed by atoms with Crippen LogP contribution < -0.4 is 5.32 Å². The third-order valence-corrected chi connectivity index (χ3v) is 3.15. The first kappa shape index (κ1) is 17.7. The van der Waals surface area contributed by atoms with E-state index < -0.39 is 18.9 Å². The van der Waals surface area contributed by atoms with Gasteiger partial charge in [-0.15, -0.1) is 0 Å². The largest absolute Gasteiger partial charge is 0.411 e. The number of hydrogen-bond donors (Lipinski definition) is 2. The lowest BCUT2D eigenvalue weighted by Crippen LogP contribution is -2.34. The molecule has 0 aromatic carbocycles. The third-order valence-electron chi connectivity index (χ3n) is 3.15. The Labute approximate surface area is 117 Å². The van der Waals surface area contributed by atoms with E-state index in [-0.39, 0.29) is 25.9 Å². The monoisotopic (exact) mass is 299 g/mol. The molecule has 0 aromatic rings. The summed E-state index contributed by atoms with van der Waals surface area (Å²) in [6.07, 6.45) is 1.02. The van der Waals surface area contributed by atoms with Gasteiger partial charge in [0.05, 0.1) is 25.4 Å². The Kier molecular flexibility index (Phi) is 8.44. The zero-order valence-corrected chi connectivity index (χ0v) is 11.6. The van der Waals surface area contributed by atoms with Gasteiger partial charge >= 0.3 is 6.18 Å². The van der Waals surface area contributed by atoms with Crippen LogP contribution in [0.25, 0.3) is 0 Å². The van der Waals surface area contributed by atoms with Crippen LogP contribution in [-0.4, -0.2) is 56.4 Å². The van der Waals surface area contributed by atoms with Gasteiger partial charge in [0.25, 0.3) is 0 Å². The van der Waals surface area contributed by atoms with E-state index in [1.807, 2.05) is 0 Å². The maximum atomic E-state index is 11.8. The molecule has 0 aromatic heterocycles. The fourth-order valence-corrected chi connectivity index (χ4v) is 2.14. The van der Waals surface area contributed by atoms with Gasteiger partial charge in [0.15, 0.2) is 0 Å². The fraction of sp³-hybridized carbons (Fsp3) is 1.00. The van der Waals surface area contributed by atoms with Gasteiger partial charge in [0.2, 0.25) is 0 Å². The van der Waals surface area contributed by atoms with Gasteiger partial charge in [-0.3, -0.25) is 0 Å². The molecule has 1 aliphatic rings. The summed E-state index contributed by atoms with van der Waals surface area (Å²) in [5.74, 6) is 0. The number of aliphatic hydroxyl groups is 1. The molecule has 1 aliphatic carbocycles. The van der Waals surface area contributed by atoms with Crippen LogP contribution in [0.15, 0.2) is 0 Å². The minimum atomic E-state index is -4.28. The first-order valence-corrected chi connectivity index (χ1v) is 7.12. The minimum absolute atomic E-state index is 0.0320. The van der Waals surface area contributed by atoms with Gasteiger partial charge in [-0.2, -0.15) is 13.2 Å². The fourth-order valence-electron chi connectivity index (χ4n) is 2.14. The quantitative estimate of drug-likeness (QED) is 0.638. The molecule has 7 heteroatoms. The molecule has 20 heavy (non-hydrogen) atoms. The van der Waals surface area contributed by atoms with Crippen molar-refractivity contribution in [3.63, 3.8) is 0 Å². The molecular weight excluding hydrogens is 275 g/mol. The maximum Gasteiger partial charge on any atom is 0.411 e. The summed E-state index contributed by atoms with van der Waals surface area (Å²) in [5.41, 5.74) is 0. The lowest BCUT2D eigenvalue weighted by atomic mass is 9.98. The highest BCUT2D eigenvalue weighted by atomic mass is 19.4. The Hall–Kier alpha value is -0.370. The second kappa shape index (κ2) is 9.55. The summed E-state index contributed by atoms with van der Waals surface area (Å²) in [5, 5.41) is 12.5. The van der Waals surface area contributed by atoms with Gasteiger partial charge in [-0.25, -0.2) is 0 Å². The van der Waals surface area contributed by atoms with Crippen LogP contribution in [0.4, 0.5) is 13.2 Å². The summed E-state index contributed by atoms with van der Waals surface area (Å²) in [4.78, 5) is 0. The predicted octanol–water partition coefficient (Wildman–Crippen LogP) is 1.87. The second-order valence-corrected chi connectivity index (χ2v) is 5.12. The van der Waals surface area contributed by atoms with E-state index >= 15 is 0 Å². The molecule has 4 nitrogen and oxygen atoms in total. The van der Waals surface area contributed by atoms with E-state index in [1.54, 1.807) is 0 Å². The molecule has 0 aliphatic heterocycles. The van der Waals surface area contributed by atoms with E-state index in [0.29, 0.717) is 6.54 Å². The Morgan fingerprint density at radius 1 is 1.20 bits per heavy atom. The summed E-state index contributed by atoms with van der Waals surface area (Å²) < 4.78 is 45.3. The molecule has 0 amide bonds. The lowest BCUT2D eigenvalue weighted by molar-refractivity contribution is -0.173. The molecule has 1 fully saturated rings. The highest BCUT2D eigenvalue weighted by molar-refractivity contribution is 4.67. The van der Waals surface area contributed by atoms with Crippen LogP contribution >= 0.6 is 0 Å². The number of ether oxygens (including phenoxy) is 2. The van der Waals surface area contributed by atoms with Gasteiger partial charge < -0.3 is 19.9 Å². The van der Waals surface area contributed by atoms with Crippen LogP contribution in [0.3, 0.4) is 0 Å². The number of nitrogens with one attached hydrogen (secondary N) is 1. The smallest absolute Gasteiger partial charge is 0.389 e. The molecule has 120 valence electrons. The van der Waals surface area contributed by atoms with Crippen LogP contribution in [0.5, 0.6) is 0 Å². The minimum Gasteiger partial charge on any atom is -0.389 e. The van der Waals surface area contributed by atoms with Gasteiger partial charge in [-0.1, -0.05) is 19.3 Å². The van der Waals surface area contributed by atoms with Gasteiger partial charge in [0, 0.05) is 13.1 Å². The van der Waals surface area contributed by atoms with Crippen molar-refractivity contribution in [1.82, 2.24) is 5.32 Å². The van der Waals surface area contributed by atoms with E-state index in [1.165, 1.54) is 19.3 Å². The lowest BCUT2D eigenvalue weighted by Gasteiger charge is -2.23. The summed E-state index contributed by atoms with van der Waals surface area (Å²) >= 11 is 0. The zero-order chi connectivity index (χ0) is 14.8. The first-order valence-electron chi connectivity index (χ1n) is 7.12. The molecule has 0 saturated heterocycles. The molecule has 1 atom stereocenters. The predicted molar refractivity (Wildman–Crippen MR) is 68.6 cm³/mol. The highest BCUT2D eigenvalue weighted by Gasteiger charge is 2.27. The normalized spacial score (nSPS) is 19.2. The molecular formula is C13H24F3NO3. The summed E-state index contributed by atoms with van der Waals surface area (Å²) in [6, 6.07) is 0. The Morgan fingerprint density at radius 3 is 2.55 bits per heavy atom. The molecule has 2 N–H and O–H groups in total. The first-order chi connectivity index (χ1) is 9.47. The van der Waals surface area contributed by atoms with Crippen LogP contribution in [0.2, 0.25) is 0 Å². The number of aliphatic hydroxyl groups excluding tert-OH is 1. The average molecular weight is 299 g/mol. The molecule has 1 rings (SSSR count). The van der Waals surface area contributed by atoms with Crippen molar-refractivity contribution in [3.8, 4) is 0 Å². The van der Waals surface area contributed by atoms with Crippen molar-refractivity contribution in [3.05, 3.63) is 0 Å². The molecule has 1 saturated carbocycles. The summed E-state index contributed by atoms with van der Waals surface area (Å²) in [6.45, 7) is -0.433. The summed E-state index contributed by atoms with van der Waals surface area (Å²) in [7, 11) is 0. The van der Waals surface area contributed by atoms with Gasteiger partial charge in [-0.05, 0) is 12.8 Å². The zero-order valence-electron chi connectivity index (χ0n) is 11.6. The van der Waals surface area contributed by atoms with Gasteiger partial charge in [0.1, 0.15) is 6.61 Å². The van der Waals surface area contributed by atoms with Crippen LogP contribution in [-0.2, 0) is 9.47 Å². The standard InChI is InChI=1S/C13H24F3NO3/c14-13(15,16)10-19-7-6-17-8-11(18)9-20-12-4-2-1-3-5-12/h11-12,17-18H,1-10H2. The molecule has 0 bridgehead atoms. The Morgan fingerprint density at radius 2 is 1.90 bits per heavy atom. The third kappa shape index (κ3) is 9.52. The molecule has 0 radical (unpaired) electrons. The molecule has 0 spiro atoms. The van der Waals surface area contributed by atoms with E-state index in [2.05, 4.69) is 10.1 Å². The van der Waals surface area contributed by atoms with E-state index in [9.17, 15) is 18.3 Å². The molecule has 1 unspecified atom stereocenters. The Balaban J connectivity index is 1.90. The van der Waals surface area contributed by atoms with Crippen LogP contribution in [0, 0.1) is 0 Å². The van der Waals surface area contributed by atoms with Crippen molar-refractivity contribution >= 4 is 0 Å². The second-order valence-electron chi connectivity index (χ2n) is 5.12. The van der Waals surface area contributed by atoms with E-state index in [4.69, 9.17) is 4.74 Å². The van der Waals surface area contributed by atoms with E-state index in [0.717, 1.165) is 12.8 Å². The SMILES string of the molecule is OC(CNCCOCC(F)(F)F)COC1CCCCC1. The molecule has 0 heterocycles. The van der Waals surface area contributed by atoms with Crippen molar-refractivity contribution in [2.45, 2.75) is 50.5 Å². The van der Waals surface area contributed by atoms with Crippen molar-refractivity contribution in [1.29, 1.82) is 0 Å². The average Bonchev–Trinajstić information content (AvgIpc) is 2.40. The van der Waals surface area contributed by atoms with Crippen molar-refractivity contribution < 1.29 is 27.8 Å². The number of rotatable bonds is 9. The van der Waals surface area contributed by atoms with Crippen molar-refractivity contribution in [2.75, 3.05) is 32.9 Å². The van der Waals surface area contributed by atoms with Crippen molar-refractivity contribution in [2.24, 2.45) is 0 Å². The number of hydrogen-bond acceptors (Lipinski definition) is 4. The number of halogens is 3. The highest BCUT2D eigenvalue weighted by Crippen LogP contribution is 2.20. The topological polar surface area (TPSA) is 50.7 Å². The Bertz CT molecular complexity index is 246.